The molecular formula is C9H14. The van der Waals surface area contributed by atoms with Gasteiger partial charge in [0.2, 0.25) is 0 Å². The minimum absolute atomic E-state index is 0.796. The van der Waals surface area contributed by atoms with E-state index in [1.807, 2.05) is 0 Å². The molecular weight excluding hydrogens is 108 g/mol. The first-order valence-electron chi connectivity index (χ1n) is 3.96. The van der Waals surface area contributed by atoms with Gasteiger partial charge in [0.25, 0.3) is 0 Å². The largest absolute Gasteiger partial charge is 0.0850 e. The van der Waals surface area contributed by atoms with E-state index in [-0.39, 0.29) is 0 Å². The van der Waals surface area contributed by atoms with Gasteiger partial charge >= 0.3 is 0 Å². The minimum atomic E-state index is 0.796. The molecule has 1 saturated carbocycles. The maximum atomic E-state index is 2.43. The Labute approximate surface area is 57.0 Å². The fourth-order valence-electron chi connectivity index (χ4n) is 2.18. The van der Waals surface area contributed by atoms with Crippen molar-refractivity contribution >= 4 is 0 Å². The van der Waals surface area contributed by atoms with Crippen molar-refractivity contribution in [1.82, 2.24) is 0 Å². The topological polar surface area (TPSA) is 0 Å². The Morgan fingerprint density at radius 3 is 2.44 bits per heavy atom. The second-order valence-electron chi connectivity index (χ2n) is 3.78. The molecule has 0 radical (unpaired) electrons. The molecule has 0 bridgehead atoms. The molecule has 0 amide bonds. The van der Waals surface area contributed by atoms with Crippen LogP contribution >= 0.6 is 0 Å². The van der Waals surface area contributed by atoms with Crippen molar-refractivity contribution in [2.45, 2.75) is 39.0 Å². The minimum Gasteiger partial charge on any atom is -0.0850 e. The predicted octanol–water partition coefficient (Wildman–Crippen LogP) is 2.90. The van der Waals surface area contributed by atoms with E-state index in [0.717, 1.165) is 5.41 Å². The van der Waals surface area contributed by atoms with E-state index in [1.165, 1.54) is 32.1 Å². The summed E-state index contributed by atoms with van der Waals surface area (Å²) in [5.41, 5.74) is 2.43. The van der Waals surface area contributed by atoms with Gasteiger partial charge in [0.05, 0.1) is 0 Å². The molecule has 0 aromatic carbocycles. The van der Waals surface area contributed by atoms with Crippen molar-refractivity contribution in [3.8, 4) is 0 Å². The van der Waals surface area contributed by atoms with Gasteiger partial charge in [-0.15, -0.1) is 0 Å². The predicted molar refractivity (Wildman–Crippen MR) is 39.3 cm³/mol. The average molecular weight is 122 g/mol. The van der Waals surface area contributed by atoms with Crippen LogP contribution in [0.5, 0.6) is 0 Å². The number of rotatable bonds is 0. The van der Waals surface area contributed by atoms with E-state index in [1.54, 1.807) is 5.57 Å². The molecule has 0 atom stereocenters. The Kier molecular flexibility index (Phi) is 0.992. The normalized spacial score (nSPS) is 30.1. The van der Waals surface area contributed by atoms with E-state index >= 15 is 0 Å². The summed E-state index contributed by atoms with van der Waals surface area (Å²) in [4.78, 5) is 0. The summed E-state index contributed by atoms with van der Waals surface area (Å²) in [5, 5.41) is 0. The van der Waals surface area contributed by atoms with Crippen LogP contribution in [0.3, 0.4) is 0 Å². The van der Waals surface area contributed by atoms with Crippen LogP contribution in [-0.4, -0.2) is 0 Å². The zero-order valence-corrected chi connectivity index (χ0v) is 6.11. The highest BCUT2D eigenvalue weighted by atomic mass is 14.4. The van der Waals surface area contributed by atoms with E-state index in [0.29, 0.717) is 0 Å². The van der Waals surface area contributed by atoms with E-state index in [4.69, 9.17) is 0 Å². The average Bonchev–Trinajstić information content (AvgIpc) is 2.09. The molecule has 0 aromatic rings. The van der Waals surface area contributed by atoms with Gasteiger partial charge in [-0.3, -0.25) is 0 Å². The molecule has 50 valence electrons. The SMILES string of the molecule is CC1=CCC2(CCC2)C1. The molecule has 9 heavy (non-hydrogen) atoms. The Bertz CT molecular complexity index is 149. The van der Waals surface area contributed by atoms with Crippen LogP contribution in [0.15, 0.2) is 11.6 Å². The third kappa shape index (κ3) is 0.726. The molecule has 0 nitrogen and oxygen atoms in total. The maximum Gasteiger partial charge on any atom is -0.0226 e. The van der Waals surface area contributed by atoms with Crippen LogP contribution in [0.1, 0.15) is 39.0 Å². The second kappa shape index (κ2) is 1.62. The van der Waals surface area contributed by atoms with Crippen LogP contribution < -0.4 is 0 Å². The Morgan fingerprint density at radius 1 is 1.44 bits per heavy atom. The summed E-state index contributed by atoms with van der Waals surface area (Å²) in [5.74, 6) is 0. The molecule has 0 saturated heterocycles. The smallest absolute Gasteiger partial charge is 0.0226 e. The van der Waals surface area contributed by atoms with Crippen LogP contribution in [-0.2, 0) is 0 Å². The van der Waals surface area contributed by atoms with E-state index in [9.17, 15) is 0 Å². The molecule has 2 aliphatic carbocycles. The van der Waals surface area contributed by atoms with Gasteiger partial charge in [-0.05, 0) is 38.0 Å². The van der Waals surface area contributed by atoms with Crippen LogP contribution in [0.4, 0.5) is 0 Å². The molecule has 2 aliphatic rings. The van der Waals surface area contributed by atoms with Crippen molar-refractivity contribution in [2.24, 2.45) is 5.41 Å². The summed E-state index contributed by atoms with van der Waals surface area (Å²) in [7, 11) is 0. The second-order valence-corrected chi connectivity index (χ2v) is 3.78. The molecule has 1 fully saturated rings. The summed E-state index contributed by atoms with van der Waals surface area (Å²) < 4.78 is 0. The lowest BCUT2D eigenvalue weighted by molar-refractivity contribution is 0.150. The Hall–Kier alpha value is -0.260. The van der Waals surface area contributed by atoms with Crippen molar-refractivity contribution in [2.75, 3.05) is 0 Å². The zero-order chi connectivity index (χ0) is 6.32. The summed E-state index contributed by atoms with van der Waals surface area (Å²) in [6.07, 6.45) is 9.72. The number of hydrogen-bond donors (Lipinski definition) is 0. The molecule has 0 heteroatoms. The Morgan fingerprint density at radius 2 is 2.22 bits per heavy atom. The van der Waals surface area contributed by atoms with Crippen LogP contribution in [0, 0.1) is 5.41 Å². The van der Waals surface area contributed by atoms with Gasteiger partial charge in [-0.2, -0.15) is 0 Å². The van der Waals surface area contributed by atoms with Crippen molar-refractivity contribution in [1.29, 1.82) is 0 Å². The van der Waals surface area contributed by atoms with E-state index in [2.05, 4.69) is 13.0 Å². The monoisotopic (exact) mass is 122 g/mol. The van der Waals surface area contributed by atoms with Crippen molar-refractivity contribution in [3.63, 3.8) is 0 Å². The highest BCUT2D eigenvalue weighted by molar-refractivity contribution is 5.14. The first-order valence-corrected chi connectivity index (χ1v) is 3.96. The summed E-state index contributed by atoms with van der Waals surface area (Å²) in [6.45, 7) is 2.27. The van der Waals surface area contributed by atoms with Crippen LogP contribution in [0.25, 0.3) is 0 Å². The lowest BCUT2D eigenvalue weighted by Gasteiger charge is -2.38. The van der Waals surface area contributed by atoms with Gasteiger partial charge < -0.3 is 0 Å². The molecule has 1 spiro atoms. The lowest BCUT2D eigenvalue weighted by Crippen LogP contribution is -2.25. The highest BCUT2D eigenvalue weighted by Crippen LogP contribution is 2.52. The number of allylic oxidation sites excluding steroid dienone is 2. The fraction of sp³-hybridized carbons (Fsp3) is 0.778. The molecule has 0 unspecified atom stereocenters. The van der Waals surface area contributed by atoms with Gasteiger partial charge in [0.15, 0.2) is 0 Å². The third-order valence-corrected chi connectivity index (χ3v) is 2.95. The quantitative estimate of drug-likeness (QED) is 0.433. The summed E-state index contributed by atoms with van der Waals surface area (Å²) >= 11 is 0. The van der Waals surface area contributed by atoms with Gasteiger partial charge in [-0.25, -0.2) is 0 Å². The van der Waals surface area contributed by atoms with Gasteiger partial charge in [0.1, 0.15) is 0 Å². The van der Waals surface area contributed by atoms with Crippen LogP contribution in [0.2, 0.25) is 0 Å². The molecule has 0 N–H and O–H groups in total. The first kappa shape index (κ1) is 5.52. The summed E-state index contributed by atoms with van der Waals surface area (Å²) in [6, 6.07) is 0. The zero-order valence-electron chi connectivity index (χ0n) is 6.11. The third-order valence-electron chi connectivity index (χ3n) is 2.95. The highest BCUT2D eigenvalue weighted by Gasteiger charge is 2.38. The van der Waals surface area contributed by atoms with Crippen molar-refractivity contribution < 1.29 is 0 Å². The van der Waals surface area contributed by atoms with Crippen molar-refractivity contribution in [3.05, 3.63) is 11.6 Å². The van der Waals surface area contributed by atoms with E-state index < -0.39 is 0 Å². The van der Waals surface area contributed by atoms with Gasteiger partial charge in [-0.1, -0.05) is 18.1 Å². The fourth-order valence-corrected chi connectivity index (χ4v) is 2.18. The molecule has 2 rings (SSSR count). The Balaban J connectivity index is 2.05. The molecule has 0 heterocycles. The molecule has 0 aliphatic heterocycles. The maximum absolute atomic E-state index is 2.43. The standard InChI is InChI=1S/C9H14/c1-8-3-6-9(7-8)4-2-5-9/h3H,2,4-7H2,1H3. The van der Waals surface area contributed by atoms with Gasteiger partial charge in [0, 0.05) is 0 Å². The number of hydrogen-bond acceptors (Lipinski definition) is 0. The lowest BCUT2D eigenvalue weighted by atomic mass is 9.67. The first-order chi connectivity index (χ1) is 4.31. The molecule has 0 aromatic heterocycles.